The van der Waals surface area contributed by atoms with Gasteiger partial charge >= 0.3 is 6.18 Å². The number of hydrogen-bond acceptors (Lipinski definition) is 4. The average molecular weight is 459 g/mol. The fourth-order valence-electron chi connectivity index (χ4n) is 2.74. The highest BCUT2D eigenvalue weighted by molar-refractivity contribution is 9.10. The first kappa shape index (κ1) is 20.0. The summed E-state index contributed by atoms with van der Waals surface area (Å²) in [5.41, 5.74) is 1.65. The molecule has 2 heterocycles. The lowest BCUT2D eigenvalue weighted by Crippen LogP contribution is -2.07. The van der Waals surface area contributed by atoms with E-state index < -0.39 is 11.7 Å². The molecule has 9 heteroatoms. The van der Waals surface area contributed by atoms with Crippen LogP contribution in [0.2, 0.25) is 0 Å². The normalized spacial score (nSPS) is 13.1. The first-order chi connectivity index (χ1) is 12.7. The van der Waals surface area contributed by atoms with E-state index in [0.717, 1.165) is 28.6 Å². The van der Waals surface area contributed by atoms with Crippen LogP contribution in [0.4, 0.5) is 19.1 Å². The van der Waals surface area contributed by atoms with E-state index in [1.54, 1.807) is 16.8 Å². The highest BCUT2D eigenvalue weighted by atomic mass is 79.9. The number of halogens is 4. The second-order valence-electron chi connectivity index (χ2n) is 6.32. The summed E-state index contributed by atoms with van der Waals surface area (Å²) >= 11 is 7.80. The van der Waals surface area contributed by atoms with Gasteiger partial charge in [0, 0.05) is 28.0 Å². The van der Waals surface area contributed by atoms with Crippen molar-refractivity contribution in [3.05, 3.63) is 46.1 Å². The zero-order valence-electron chi connectivity index (χ0n) is 14.7. The van der Waals surface area contributed by atoms with Crippen LogP contribution in [0.15, 0.2) is 34.9 Å². The Hall–Kier alpha value is -1.74. The highest BCUT2D eigenvalue weighted by Crippen LogP contribution is 2.36. The first-order valence-electron chi connectivity index (χ1n) is 8.32. The minimum atomic E-state index is -4.41. The fourth-order valence-corrected chi connectivity index (χ4v) is 3.26. The van der Waals surface area contributed by atoms with Gasteiger partial charge in [0.1, 0.15) is 0 Å². The molecule has 0 saturated heterocycles. The maximum atomic E-state index is 13.1. The molecule has 1 atom stereocenters. The second kappa shape index (κ2) is 7.71. The van der Waals surface area contributed by atoms with Crippen molar-refractivity contribution in [3.63, 3.8) is 0 Å². The van der Waals surface area contributed by atoms with Crippen LogP contribution < -0.4 is 5.32 Å². The zero-order valence-corrected chi connectivity index (χ0v) is 17.2. The molecule has 3 aromatic rings. The Morgan fingerprint density at radius 1 is 1.33 bits per heavy atom. The van der Waals surface area contributed by atoms with Crippen LogP contribution >= 0.6 is 28.6 Å². The molecule has 1 unspecified atom stereocenters. The van der Waals surface area contributed by atoms with Crippen molar-refractivity contribution in [2.75, 3.05) is 11.9 Å². The third-order valence-corrected chi connectivity index (χ3v) is 5.21. The molecule has 0 saturated carbocycles. The van der Waals surface area contributed by atoms with Gasteiger partial charge in [-0.3, -0.25) is 0 Å². The van der Waals surface area contributed by atoms with Gasteiger partial charge in [0.05, 0.1) is 5.56 Å². The molecule has 0 spiro atoms. The van der Waals surface area contributed by atoms with Crippen LogP contribution in [-0.4, -0.2) is 26.4 Å². The molecular weight excluding hydrogens is 441 g/mol. The number of pyridine rings is 1. The molecule has 144 valence electrons. The lowest BCUT2D eigenvalue weighted by molar-refractivity contribution is -0.137. The molecule has 0 aliphatic carbocycles. The van der Waals surface area contributed by atoms with Crippen molar-refractivity contribution in [1.29, 1.82) is 0 Å². The van der Waals surface area contributed by atoms with Crippen LogP contribution in [0, 0.1) is 6.92 Å². The lowest BCUT2D eigenvalue weighted by Gasteiger charge is -2.12. The highest BCUT2D eigenvalue weighted by Gasteiger charge is 2.31. The minimum Gasteiger partial charge on any atom is -0.353 e. The van der Waals surface area contributed by atoms with Gasteiger partial charge in [-0.1, -0.05) is 19.1 Å². The van der Waals surface area contributed by atoms with Gasteiger partial charge in [-0.25, -0.2) is 4.52 Å². The third-order valence-electron chi connectivity index (χ3n) is 4.15. The molecule has 2 aromatic heterocycles. The molecule has 0 aliphatic heterocycles. The van der Waals surface area contributed by atoms with E-state index >= 15 is 0 Å². The molecule has 0 aliphatic rings. The molecule has 0 bridgehead atoms. The topological polar surface area (TPSA) is 42.2 Å². The smallest absolute Gasteiger partial charge is 0.353 e. The Balaban J connectivity index is 2.09. The van der Waals surface area contributed by atoms with Crippen molar-refractivity contribution >= 4 is 40.2 Å². The van der Waals surface area contributed by atoms with Crippen LogP contribution in [0.5, 0.6) is 0 Å². The van der Waals surface area contributed by atoms with Crippen molar-refractivity contribution < 1.29 is 13.2 Å². The molecule has 0 fully saturated rings. The average Bonchev–Trinajstić information content (AvgIpc) is 2.97. The predicted octanol–water partition coefficient (Wildman–Crippen LogP) is 5.61. The first-order valence-corrected chi connectivity index (χ1v) is 9.63. The third kappa shape index (κ3) is 4.40. The monoisotopic (exact) mass is 458 g/mol. The Kier molecular flexibility index (Phi) is 5.71. The predicted molar refractivity (Wildman–Crippen MR) is 107 cm³/mol. The number of fused-ring (bicyclic) bond motifs is 1. The van der Waals surface area contributed by atoms with E-state index in [0.29, 0.717) is 29.3 Å². The summed E-state index contributed by atoms with van der Waals surface area (Å²) in [6.07, 6.45) is -1.82. The Labute approximate surface area is 168 Å². The number of anilines is 1. The van der Waals surface area contributed by atoms with E-state index in [1.807, 2.05) is 13.8 Å². The standard InChI is InChI=1S/C18H18BrF3N4S/c1-10(27)6-7-23-17-24-16-15(11(2)14(19)9-26(16)25-17)12-4-3-5-13(8-12)18(20,21)22/h3-5,8-10,27H,6-7H2,1-2H3,(H,23,25). The number of thiol groups is 1. The lowest BCUT2D eigenvalue weighted by atomic mass is 10.00. The number of alkyl halides is 3. The molecule has 1 N–H and O–H groups in total. The number of rotatable bonds is 5. The van der Waals surface area contributed by atoms with E-state index in [4.69, 9.17) is 0 Å². The summed E-state index contributed by atoms with van der Waals surface area (Å²) < 4.78 is 41.7. The Morgan fingerprint density at radius 3 is 2.74 bits per heavy atom. The fraction of sp³-hybridized carbons (Fsp3) is 0.333. The summed E-state index contributed by atoms with van der Waals surface area (Å²) in [4.78, 5) is 4.49. The summed E-state index contributed by atoms with van der Waals surface area (Å²) in [6.45, 7) is 4.48. The number of aromatic nitrogens is 3. The minimum absolute atomic E-state index is 0.242. The number of nitrogens with zero attached hydrogens (tertiary/aromatic N) is 3. The van der Waals surface area contributed by atoms with Crippen molar-refractivity contribution in [2.24, 2.45) is 0 Å². The quantitative estimate of drug-likeness (QED) is 0.488. The number of nitrogens with one attached hydrogen (secondary N) is 1. The number of benzene rings is 1. The van der Waals surface area contributed by atoms with Gasteiger partial charge in [-0.05, 0) is 52.5 Å². The number of hydrogen-bond donors (Lipinski definition) is 2. The van der Waals surface area contributed by atoms with E-state index in [-0.39, 0.29) is 5.25 Å². The summed E-state index contributed by atoms with van der Waals surface area (Å²) in [7, 11) is 0. The van der Waals surface area contributed by atoms with Gasteiger partial charge in [0.25, 0.3) is 0 Å². The maximum absolute atomic E-state index is 13.1. The van der Waals surface area contributed by atoms with Gasteiger partial charge < -0.3 is 5.32 Å². The summed E-state index contributed by atoms with van der Waals surface area (Å²) in [5.74, 6) is 0.426. The molecule has 0 radical (unpaired) electrons. The molecule has 3 rings (SSSR count). The summed E-state index contributed by atoms with van der Waals surface area (Å²) in [5, 5.41) is 7.76. The summed E-state index contributed by atoms with van der Waals surface area (Å²) in [6, 6.07) is 5.25. The Morgan fingerprint density at radius 2 is 2.07 bits per heavy atom. The van der Waals surface area contributed by atoms with Crippen LogP contribution in [0.25, 0.3) is 16.8 Å². The molecular formula is C18H18BrF3N4S. The molecule has 27 heavy (non-hydrogen) atoms. The van der Waals surface area contributed by atoms with Crippen molar-refractivity contribution in [3.8, 4) is 11.1 Å². The van der Waals surface area contributed by atoms with Crippen molar-refractivity contribution in [1.82, 2.24) is 14.6 Å². The van der Waals surface area contributed by atoms with Crippen LogP contribution in [0.3, 0.4) is 0 Å². The van der Waals surface area contributed by atoms with Gasteiger partial charge in [0.2, 0.25) is 5.95 Å². The van der Waals surface area contributed by atoms with Gasteiger partial charge in [-0.2, -0.15) is 30.8 Å². The van der Waals surface area contributed by atoms with E-state index in [2.05, 4.69) is 44.0 Å². The maximum Gasteiger partial charge on any atom is 0.416 e. The molecule has 1 aromatic carbocycles. The molecule has 0 amide bonds. The van der Waals surface area contributed by atoms with Crippen molar-refractivity contribution in [2.45, 2.75) is 31.7 Å². The Bertz CT molecular complexity index is 969. The van der Waals surface area contributed by atoms with Crippen LogP contribution in [-0.2, 0) is 6.18 Å². The van der Waals surface area contributed by atoms with Crippen LogP contribution in [0.1, 0.15) is 24.5 Å². The largest absolute Gasteiger partial charge is 0.416 e. The molecule has 4 nitrogen and oxygen atoms in total. The zero-order chi connectivity index (χ0) is 19.8. The van der Waals surface area contributed by atoms with Gasteiger partial charge in [0.15, 0.2) is 5.65 Å². The van der Waals surface area contributed by atoms with E-state index in [9.17, 15) is 13.2 Å². The van der Waals surface area contributed by atoms with Gasteiger partial charge in [-0.15, -0.1) is 5.10 Å². The SMILES string of the molecule is Cc1c(Br)cn2nc(NCCC(C)S)nc2c1-c1cccc(C(F)(F)F)c1. The van der Waals surface area contributed by atoms with E-state index in [1.165, 1.54) is 6.07 Å². The second-order valence-corrected chi connectivity index (χ2v) is 8.06.